The van der Waals surface area contributed by atoms with E-state index < -0.39 is 6.10 Å². The van der Waals surface area contributed by atoms with Crippen molar-refractivity contribution in [3.63, 3.8) is 0 Å². The van der Waals surface area contributed by atoms with Crippen molar-refractivity contribution in [1.82, 2.24) is 10.2 Å². The third kappa shape index (κ3) is 5.83. The van der Waals surface area contributed by atoms with Crippen LogP contribution in [0.4, 0.5) is 0 Å². The van der Waals surface area contributed by atoms with Gasteiger partial charge < -0.3 is 10.1 Å². The fraction of sp³-hybridized carbons (Fsp3) is 0.458. The molecular formula is C24H32N2O2. The molecule has 1 fully saturated rings. The molecule has 3 rings (SSSR count). The Bertz CT molecular complexity index is 797. The van der Waals surface area contributed by atoms with Crippen LogP contribution in [-0.4, -0.2) is 30.0 Å². The van der Waals surface area contributed by atoms with Gasteiger partial charge in [0.1, 0.15) is 5.75 Å². The summed E-state index contributed by atoms with van der Waals surface area (Å²) < 4.78 is 5.81. The molecule has 0 aromatic heterocycles. The molecule has 1 N–H and O–H groups in total. The second-order valence-electron chi connectivity index (χ2n) is 7.88. The van der Waals surface area contributed by atoms with Crippen molar-refractivity contribution in [3.05, 3.63) is 64.7 Å². The lowest BCUT2D eigenvalue weighted by atomic mass is 10.1. The molecule has 1 saturated heterocycles. The summed E-state index contributed by atoms with van der Waals surface area (Å²) in [6.07, 6.45) is 3.42. The summed E-state index contributed by atoms with van der Waals surface area (Å²) in [7, 11) is 0. The van der Waals surface area contributed by atoms with Crippen molar-refractivity contribution in [2.75, 3.05) is 13.1 Å². The summed E-state index contributed by atoms with van der Waals surface area (Å²) >= 11 is 0. The maximum atomic E-state index is 12.4. The number of aryl methyl sites for hydroxylation is 2. The van der Waals surface area contributed by atoms with Crippen LogP contribution in [-0.2, 0) is 17.9 Å². The first-order valence-electron chi connectivity index (χ1n) is 10.3. The highest BCUT2D eigenvalue weighted by Crippen LogP contribution is 2.18. The van der Waals surface area contributed by atoms with E-state index in [-0.39, 0.29) is 5.91 Å². The number of piperidine rings is 1. The molecule has 0 bridgehead atoms. The number of carbonyl (C=O) groups is 1. The summed E-state index contributed by atoms with van der Waals surface area (Å²) in [6.45, 7) is 9.79. The van der Waals surface area contributed by atoms with Crippen LogP contribution in [0.15, 0.2) is 42.5 Å². The van der Waals surface area contributed by atoms with Gasteiger partial charge in [0.05, 0.1) is 0 Å². The van der Waals surface area contributed by atoms with Crippen LogP contribution >= 0.6 is 0 Å². The average molecular weight is 381 g/mol. The summed E-state index contributed by atoms with van der Waals surface area (Å²) in [4.78, 5) is 14.9. The van der Waals surface area contributed by atoms with Crippen LogP contribution in [0.25, 0.3) is 0 Å². The molecule has 4 heteroatoms. The monoisotopic (exact) mass is 380 g/mol. The van der Waals surface area contributed by atoms with Gasteiger partial charge in [-0.25, -0.2) is 0 Å². The lowest BCUT2D eigenvalue weighted by molar-refractivity contribution is -0.127. The summed E-state index contributed by atoms with van der Waals surface area (Å²) in [6, 6.07) is 14.4. The van der Waals surface area contributed by atoms with Crippen LogP contribution in [0.2, 0.25) is 0 Å². The molecule has 0 radical (unpaired) electrons. The maximum absolute atomic E-state index is 12.4. The van der Waals surface area contributed by atoms with Gasteiger partial charge in [0, 0.05) is 13.1 Å². The Hall–Kier alpha value is -2.33. The van der Waals surface area contributed by atoms with Gasteiger partial charge in [-0.15, -0.1) is 0 Å². The molecule has 1 aliphatic heterocycles. The van der Waals surface area contributed by atoms with Crippen molar-refractivity contribution < 1.29 is 9.53 Å². The highest BCUT2D eigenvalue weighted by Gasteiger charge is 2.15. The van der Waals surface area contributed by atoms with Gasteiger partial charge in [-0.2, -0.15) is 0 Å². The number of hydrogen-bond acceptors (Lipinski definition) is 3. The molecular weight excluding hydrogens is 348 g/mol. The van der Waals surface area contributed by atoms with Gasteiger partial charge in [-0.1, -0.05) is 36.8 Å². The minimum absolute atomic E-state index is 0.0975. The largest absolute Gasteiger partial charge is 0.481 e. The normalized spacial score (nSPS) is 15.8. The van der Waals surface area contributed by atoms with Crippen molar-refractivity contribution in [2.45, 2.75) is 59.2 Å². The van der Waals surface area contributed by atoms with Crippen molar-refractivity contribution in [2.24, 2.45) is 0 Å². The number of ether oxygens (including phenoxy) is 1. The summed E-state index contributed by atoms with van der Waals surface area (Å²) in [5.41, 5.74) is 4.82. The standard InChI is InChI=1S/C24H32N2O2/c1-18-10-11-23(14-19(18)2)28-20(3)24(27)25-16-21-8-7-9-22(15-21)17-26-12-5-4-6-13-26/h7-11,14-15,20H,4-6,12-13,16-17H2,1-3H3,(H,25,27). The van der Waals surface area contributed by atoms with E-state index in [9.17, 15) is 4.79 Å². The Morgan fingerprint density at radius 1 is 1.04 bits per heavy atom. The number of carbonyl (C=O) groups excluding carboxylic acids is 1. The fourth-order valence-electron chi connectivity index (χ4n) is 3.59. The topological polar surface area (TPSA) is 41.6 Å². The van der Waals surface area contributed by atoms with E-state index in [2.05, 4.69) is 41.4 Å². The number of hydrogen-bond donors (Lipinski definition) is 1. The first-order chi connectivity index (χ1) is 13.5. The molecule has 0 spiro atoms. The molecule has 0 saturated carbocycles. The van der Waals surface area contributed by atoms with Crippen LogP contribution in [0, 0.1) is 13.8 Å². The van der Waals surface area contributed by atoms with Gasteiger partial charge >= 0.3 is 0 Å². The molecule has 1 aliphatic rings. The molecule has 1 unspecified atom stereocenters. The lowest BCUT2D eigenvalue weighted by Gasteiger charge is -2.26. The highest BCUT2D eigenvalue weighted by molar-refractivity contribution is 5.80. The van der Waals surface area contributed by atoms with Crippen LogP contribution in [0.3, 0.4) is 0 Å². The third-order valence-corrected chi connectivity index (χ3v) is 5.47. The van der Waals surface area contributed by atoms with E-state index in [1.807, 2.05) is 25.1 Å². The number of benzene rings is 2. The molecule has 4 nitrogen and oxygen atoms in total. The third-order valence-electron chi connectivity index (χ3n) is 5.47. The Morgan fingerprint density at radius 2 is 1.79 bits per heavy atom. The van der Waals surface area contributed by atoms with E-state index >= 15 is 0 Å². The number of nitrogens with zero attached hydrogens (tertiary/aromatic N) is 1. The highest BCUT2D eigenvalue weighted by atomic mass is 16.5. The van der Waals surface area contributed by atoms with Crippen molar-refractivity contribution in [1.29, 1.82) is 0 Å². The molecule has 28 heavy (non-hydrogen) atoms. The number of likely N-dealkylation sites (tertiary alicyclic amines) is 1. The average Bonchev–Trinajstić information content (AvgIpc) is 2.70. The SMILES string of the molecule is Cc1ccc(OC(C)C(=O)NCc2cccc(CN3CCCCC3)c2)cc1C. The van der Waals surface area contributed by atoms with Gasteiger partial charge in [0.2, 0.25) is 0 Å². The molecule has 150 valence electrons. The van der Waals surface area contributed by atoms with Gasteiger partial charge in [-0.3, -0.25) is 9.69 Å². The van der Waals surface area contributed by atoms with Crippen LogP contribution in [0.5, 0.6) is 5.75 Å². The predicted molar refractivity (Wildman–Crippen MR) is 113 cm³/mol. The lowest BCUT2D eigenvalue weighted by Crippen LogP contribution is -2.36. The van der Waals surface area contributed by atoms with Gasteiger partial charge in [0.15, 0.2) is 6.10 Å². The number of rotatable bonds is 7. The van der Waals surface area contributed by atoms with E-state index in [1.165, 1.54) is 43.5 Å². The van der Waals surface area contributed by atoms with E-state index in [4.69, 9.17) is 4.74 Å². The molecule has 1 heterocycles. The van der Waals surface area contributed by atoms with E-state index in [0.717, 1.165) is 23.4 Å². The number of amides is 1. The molecule has 2 aromatic carbocycles. The minimum Gasteiger partial charge on any atom is -0.481 e. The first kappa shape index (κ1) is 20.4. The zero-order valence-corrected chi connectivity index (χ0v) is 17.3. The zero-order valence-electron chi connectivity index (χ0n) is 17.3. The number of nitrogens with one attached hydrogen (secondary N) is 1. The second-order valence-corrected chi connectivity index (χ2v) is 7.88. The van der Waals surface area contributed by atoms with Crippen LogP contribution in [0.1, 0.15) is 48.4 Å². The van der Waals surface area contributed by atoms with Crippen molar-refractivity contribution >= 4 is 5.91 Å². The molecule has 2 aromatic rings. The second kappa shape index (κ2) is 9.74. The van der Waals surface area contributed by atoms with Gasteiger partial charge in [-0.05, 0) is 81.1 Å². The molecule has 0 aliphatic carbocycles. The van der Waals surface area contributed by atoms with E-state index in [1.54, 1.807) is 6.92 Å². The minimum atomic E-state index is -0.529. The predicted octanol–water partition coefficient (Wildman–Crippen LogP) is 4.37. The van der Waals surface area contributed by atoms with Gasteiger partial charge in [0.25, 0.3) is 5.91 Å². The van der Waals surface area contributed by atoms with Crippen molar-refractivity contribution in [3.8, 4) is 5.75 Å². The zero-order chi connectivity index (χ0) is 19.9. The Balaban J connectivity index is 1.50. The fourth-order valence-corrected chi connectivity index (χ4v) is 3.59. The first-order valence-corrected chi connectivity index (χ1v) is 10.3. The Labute approximate surface area is 168 Å². The molecule has 1 amide bonds. The summed E-state index contributed by atoms with van der Waals surface area (Å²) in [5, 5.41) is 3.00. The molecule has 1 atom stereocenters. The van der Waals surface area contributed by atoms with Crippen LogP contribution < -0.4 is 10.1 Å². The van der Waals surface area contributed by atoms with E-state index in [0.29, 0.717) is 6.54 Å². The Morgan fingerprint density at radius 3 is 2.54 bits per heavy atom. The Kier molecular flexibility index (Phi) is 7.10. The summed E-state index contributed by atoms with van der Waals surface area (Å²) in [5.74, 6) is 0.633. The smallest absolute Gasteiger partial charge is 0.261 e. The maximum Gasteiger partial charge on any atom is 0.261 e. The quantitative estimate of drug-likeness (QED) is 0.775.